The molecule has 8 nitrogen and oxygen atoms in total. The van der Waals surface area contributed by atoms with Crippen LogP contribution in [0.3, 0.4) is 0 Å². The van der Waals surface area contributed by atoms with Gasteiger partial charge in [-0.3, -0.25) is 9.59 Å². The minimum Gasteiger partial charge on any atom is -0.493 e. The minimum absolute atomic E-state index is 0.0238. The number of carbonyl (C=O) groups excluding carboxylic acids is 2. The van der Waals surface area contributed by atoms with Crippen LogP contribution >= 0.6 is 23.2 Å². The Labute approximate surface area is 256 Å². The number of hydrogen-bond donors (Lipinski definition) is 0. The SMILES string of the molecule is COc1cc(C2CN(C(=O)c3ccc(Cl)cc3Cl)CC2C(=O)N2CCN(c3ccccc3C)CC2)cc(OC)c1OC. The number of benzene rings is 3. The molecule has 0 saturated carbocycles. The van der Waals surface area contributed by atoms with Crippen molar-refractivity contribution in [2.45, 2.75) is 12.8 Å². The summed E-state index contributed by atoms with van der Waals surface area (Å²) in [6.45, 7) is 5.37. The molecule has 0 aliphatic carbocycles. The van der Waals surface area contributed by atoms with Gasteiger partial charge >= 0.3 is 0 Å². The Hall–Kier alpha value is -3.62. The van der Waals surface area contributed by atoms with Crippen molar-refractivity contribution in [2.75, 3.05) is 65.5 Å². The fourth-order valence-corrected chi connectivity index (χ4v) is 6.52. The highest BCUT2D eigenvalue weighted by Crippen LogP contribution is 2.44. The van der Waals surface area contributed by atoms with E-state index in [1.807, 2.05) is 29.2 Å². The lowest BCUT2D eigenvalue weighted by Gasteiger charge is -2.38. The fraction of sp³-hybridized carbons (Fsp3) is 0.375. The molecule has 5 rings (SSSR count). The first-order chi connectivity index (χ1) is 20.2. The molecule has 222 valence electrons. The number of para-hydroxylation sites is 1. The number of anilines is 1. The lowest BCUT2D eigenvalue weighted by Crippen LogP contribution is -2.51. The Balaban J connectivity index is 1.44. The number of ether oxygens (including phenoxy) is 3. The van der Waals surface area contributed by atoms with Gasteiger partial charge in [-0.2, -0.15) is 0 Å². The summed E-state index contributed by atoms with van der Waals surface area (Å²) in [7, 11) is 4.67. The summed E-state index contributed by atoms with van der Waals surface area (Å²) < 4.78 is 16.7. The fourth-order valence-electron chi connectivity index (χ4n) is 6.03. The van der Waals surface area contributed by atoms with Gasteiger partial charge in [0.2, 0.25) is 11.7 Å². The van der Waals surface area contributed by atoms with Crippen LogP contribution in [0.2, 0.25) is 10.0 Å². The van der Waals surface area contributed by atoms with Crippen LogP contribution in [0.1, 0.15) is 27.4 Å². The monoisotopic (exact) mass is 611 g/mol. The molecule has 42 heavy (non-hydrogen) atoms. The highest BCUT2D eigenvalue weighted by Gasteiger charge is 2.43. The third-order valence-electron chi connectivity index (χ3n) is 8.25. The van der Waals surface area contributed by atoms with Crippen molar-refractivity contribution in [2.24, 2.45) is 5.92 Å². The second kappa shape index (κ2) is 12.7. The molecule has 0 spiro atoms. The molecule has 2 amide bonds. The van der Waals surface area contributed by atoms with E-state index >= 15 is 0 Å². The zero-order chi connectivity index (χ0) is 30.0. The Morgan fingerprint density at radius 2 is 1.48 bits per heavy atom. The van der Waals surface area contributed by atoms with Crippen LogP contribution in [0.25, 0.3) is 0 Å². The minimum atomic E-state index is -0.465. The van der Waals surface area contributed by atoms with Crippen LogP contribution in [0, 0.1) is 12.8 Å². The van der Waals surface area contributed by atoms with Gasteiger partial charge in [-0.15, -0.1) is 0 Å². The molecular formula is C32H35Cl2N3O5. The number of methoxy groups -OCH3 is 3. The largest absolute Gasteiger partial charge is 0.493 e. The van der Waals surface area contributed by atoms with E-state index in [4.69, 9.17) is 37.4 Å². The summed E-state index contributed by atoms with van der Waals surface area (Å²) in [6, 6.07) is 16.9. The smallest absolute Gasteiger partial charge is 0.255 e. The molecule has 10 heteroatoms. The maximum absolute atomic E-state index is 14.2. The Morgan fingerprint density at radius 1 is 0.810 bits per heavy atom. The Kier molecular flexibility index (Phi) is 9.04. The molecule has 2 atom stereocenters. The van der Waals surface area contributed by atoms with Gasteiger partial charge in [0, 0.05) is 55.9 Å². The molecule has 0 radical (unpaired) electrons. The predicted molar refractivity (Wildman–Crippen MR) is 165 cm³/mol. The van der Waals surface area contributed by atoms with Gasteiger partial charge in [0.15, 0.2) is 11.5 Å². The zero-order valence-electron chi connectivity index (χ0n) is 24.2. The number of halogens is 2. The number of amides is 2. The number of nitrogens with zero attached hydrogens (tertiary/aromatic N) is 3. The van der Waals surface area contributed by atoms with Gasteiger partial charge in [0.1, 0.15) is 0 Å². The van der Waals surface area contributed by atoms with E-state index in [0.29, 0.717) is 47.5 Å². The van der Waals surface area contributed by atoms with E-state index in [1.165, 1.54) is 11.3 Å². The van der Waals surface area contributed by atoms with E-state index in [2.05, 4.69) is 24.0 Å². The molecule has 0 N–H and O–H groups in total. The summed E-state index contributed by atoms with van der Waals surface area (Å²) >= 11 is 12.5. The van der Waals surface area contributed by atoms with Gasteiger partial charge in [-0.1, -0.05) is 41.4 Å². The molecule has 2 aliphatic heterocycles. The molecule has 0 bridgehead atoms. The van der Waals surface area contributed by atoms with E-state index in [0.717, 1.165) is 18.7 Å². The Bertz CT molecular complexity index is 1450. The lowest BCUT2D eigenvalue weighted by atomic mass is 9.87. The van der Waals surface area contributed by atoms with Gasteiger partial charge < -0.3 is 28.9 Å². The number of likely N-dealkylation sites (tertiary alicyclic amines) is 1. The second-order valence-corrected chi connectivity index (χ2v) is 11.4. The molecule has 2 saturated heterocycles. The molecule has 2 unspecified atom stereocenters. The number of aryl methyl sites for hydroxylation is 1. The summed E-state index contributed by atoms with van der Waals surface area (Å²) in [5.41, 5.74) is 3.59. The van der Waals surface area contributed by atoms with Gasteiger partial charge in [0.05, 0.1) is 37.8 Å². The molecule has 3 aromatic rings. The van der Waals surface area contributed by atoms with Crippen LogP contribution in [-0.4, -0.2) is 82.2 Å². The third kappa shape index (κ3) is 5.83. The molecule has 0 aromatic heterocycles. The molecular weight excluding hydrogens is 577 g/mol. The van der Waals surface area contributed by atoms with Crippen LogP contribution < -0.4 is 19.1 Å². The standard InChI is InChI=1S/C32H35Cl2N3O5/c1-20-7-5-6-8-27(20)35-11-13-36(14-12-35)32(39)25-19-37(31(38)23-10-9-22(33)17-26(23)34)18-24(25)21-15-28(40-2)30(42-4)29(16-21)41-3/h5-10,15-17,24-25H,11-14,18-19H2,1-4H3. The van der Waals surface area contributed by atoms with Crippen molar-refractivity contribution in [3.63, 3.8) is 0 Å². The number of carbonyl (C=O) groups is 2. The van der Waals surface area contributed by atoms with Gasteiger partial charge in [0.25, 0.3) is 5.91 Å². The summed E-state index contributed by atoms with van der Waals surface area (Å²) in [4.78, 5) is 33.8. The second-order valence-electron chi connectivity index (χ2n) is 10.6. The summed E-state index contributed by atoms with van der Waals surface area (Å²) in [5, 5.41) is 0.727. The van der Waals surface area contributed by atoms with E-state index in [-0.39, 0.29) is 29.3 Å². The zero-order valence-corrected chi connectivity index (χ0v) is 25.7. The van der Waals surface area contributed by atoms with Crippen molar-refractivity contribution in [3.8, 4) is 17.2 Å². The molecule has 2 fully saturated rings. The first kappa shape index (κ1) is 29.9. The quantitative estimate of drug-likeness (QED) is 0.350. The van der Waals surface area contributed by atoms with Gasteiger partial charge in [-0.05, 0) is 54.4 Å². The van der Waals surface area contributed by atoms with Crippen molar-refractivity contribution in [1.29, 1.82) is 0 Å². The van der Waals surface area contributed by atoms with E-state index in [9.17, 15) is 9.59 Å². The number of rotatable bonds is 7. The Morgan fingerprint density at radius 3 is 2.07 bits per heavy atom. The third-order valence-corrected chi connectivity index (χ3v) is 8.80. The van der Waals surface area contributed by atoms with Gasteiger partial charge in [-0.25, -0.2) is 0 Å². The normalized spacial score (nSPS) is 18.7. The van der Waals surface area contributed by atoms with Crippen molar-refractivity contribution in [1.82, 2.24) is 9.80 Å². The van der Waals surface area contributed by atoms with Crippen LogP contribution in [0.4, 0.5) is 5.69 Å². The highest BCUT2D eigenvalue weighted by molar-refractivity contribution is 6.36. The van der Waals surface area contributed by atoms with Crippen LogP contribution in [0.5, 0.6) is 17.2 Å². The number of piperazine rings is 1. The summed E-state index contributed by atoms with van der Waals surface area (Å²) in [5.74, 6) is 0.483. The number of hydrogen-bond acceptors (Lipinski definition) is 6. The molecule has 2 heterocycles. The van der Waals surface area contributed by atoms with E-state index < -0.39 is 5.92 Å². The van der Waals surface area contributed by atoms with E-state index in [1.54, 1.807) is 44.4 Å². The summed E-state index contributed by atoms with van der Waals surface area (Å²) in [6.07, 6.45) is 0. The van der Waals surface area contributed by atoms with Crippen LogP contribution in [-0.2, 0) is 4.79 Å². The predicted octanol–water partition coefficient (Wildman–Crippen LogP) is 5.53. The maximum Gasteiger partial charge on any atom is 0.255 e. The maximum atomic E-state index is 14.2. The van der Waals surface area contributed by atoms with Crippen molar-refractivity contribution in [3.05, 3.63) is 81.3 Å². The average molecular weight is 613 g/mol. The first-order valence-corrected chi connectivity index (χ1v) is 14.6. The van der Waals surface area contributed by atoms with Crippen LogP contribution in [0.15, 0.2) is 54.6 Å². The van der Waals surface area contributed by atoms with Crippen molar-refractivity contribution < 1.29 is 23.8 Å². The molecule has 2 aliphatic rings. The highest BCUT2D eigenvalue weighted by atomic mass is 35.5. The molecule has 3 aromatic carbocycles. The topological polar surface area (TPSA) is 71.6 Å². The average Bonchev–Trinajstić information content (AvgIpc) is 3.45. The lowest BCUT2D eigenvalue weighted by molar-refractivity contribution is -0.135. The van der Waals surface area contributed by atoms with Crippen molar-refractivity contribution >= 4 is 40.7 Å². The first-order valence-electron chi connectivity index (χ1n) is 13.9.